The number of non-ortho nitro benzene ring substituents is 1. The zero-order chi connectivity index (χ0) is 23.3. The van der Waals surface area contributed by atoms with Crippen LogP contribution in [-0.4, -0.2) is 50.1 Å². The summed E-state index contributed by atoms with van der Waals surface area (Å²) in [6.07, 6.45) is 1.86. The molecule has 0 radical (unpaired) electrons. The molecular weight excluding hydrogens is 430 g/mol. The Labute approximate surface area is 181 Å². The van der Waals surface area contributed by atoms with Gasteiger partial charge in [0.2, 0.25) is 0 Å². The fourth-order valence-electron chi connectivity index (χ4n) is 3.36. The third kappa shape index (κ3) is 5.29. The SMILES string of the molecule is COc1cc(C(=O)COC(=O)c2cc([N+](=O)[O-])ccc2N2CCCC2)ccc1OC(F)F. The van der Waals surface area contributed by atoms with Crippen LogP contribution < -0.4 is 14.4 Å². The lowest BCUT2D eigenvalue weighted by molar-refractivity contribution is -0.384. The van der Waals surface area contributed by atoms with Crippen LogP contribution in [0.15, 0.2) is 36.4 Å². The molecule has 0 unspecified atom stereocenters. The summed E-state index contributed by atoms with van der Waals surface area (Å²) in [7, 11) is 1.23. The van der Waals surface area contributed by atoms with Crippen LogP contribution in [0.1, 0.15) is 33.6 Å². The van der Waals surface area contributed by atoms with Crippen molar-refractivity contribution in [1.82, 2.24) is 0 Å². The van der Waals surface area contributed by atoms with Gasteiger partial charge in [0.05, 0.1) is 23.3 Å². The highest BCUT2D eigenvalue weighted by atomic mass is 19.3. The van der Waals surface area contributed by atoms with E-state index in [1.807, 2.05) is 4.90 Å². The van der Waals surface area contributed by atoms with Gasteiger partial charge < -0.3 is 19.1 Å². The van der Waals surface area contributed by atoms with E-state index in [0.29, 0.717) is 18.8 Å². The monoisotopic (exact) mass is 450 g/mol. The Kier molecular flexibility index (Phi) is 7.18. The molecule has 0 saturated carbocycles. The molecule has 1 aliphatic rings. The number of ether oxygens (including phenoxy) is 3. The molecule has 0 amide bonds. The number of alkyl halides is 2. The lowest BCUT2D eigenvalue weighted by atomic mass is 10.1. The van der Waals surface area contributed by atoms with E-state index in [0.717, 1.165) is 25.0 Å². The summed E-state index contributed by atoms with van der Waals surface area (Å²) in [5, 5.41) is 11.1. The molecule has 0 atom stereocenters. The second-order valence-electron chi connectivity index (χ2n) is 6.90. The fourth-order valence-corrected chi connectivity index (χ4v) is 3.36. The van der Waals surface area contributed by atoms with Crippen molar-refractivity contribution in [1.29, 1.82) is 0 Å². The minimum absolute atomic E-state index is 0.00726. The number of nitro groups is 1. The predicted octanol–water partition coefficient (Wildman–Crippen LogP) is 3.84. The third-order valence-electron chi connectivity index (χ3n) is 4.89. The Balaban J connectivity index is 1.75. The number of nitro benzene ring substituents is 1. The van der Waals surface area contributed by atoms with Gasteiger partial charge in [-0.05, 0) is 37.1 Å². The molecule has 170 valence electrons. The predicted molar refractivity (Wildman–Crippen MR) is 109 cm³/mol. The molecule has 1 fully saturated rings. The van der Waals surface area contributed by atoms with Crippen LogP contribution in [0.4, 0.5) is 20.2 Å². The minimum Gasteiger partial charge on any atom is -0.493 e. The van der Waals surface area contributed by atoms with Gasteiger partial charge in [0, 0.05) is 30.8 Å². The van der Waals surface area contributed by atoms with E-state index in [1.165, 1.54) is 31.4 Å². The highest BCUT2D eigenvalue weighted by Gasteiger charge is 2.24. The summed E-state index contributed by atoms with van der Waals surface area (Å²) >= 11 is 0. The Morgan fingerprint density at radius 2 is 1.84 bits per heavy atom. The number of Topliss-reactive ketones (excluding diaryl/α,β-unsaturated/α-hetero) is 1. The van der Waals surface area contributed by atoms with Crippen molar-refractivity contribution in [2.75, 3.05) is 31.7 Å². The van der Waals surface area contributed by atoms with Crippen molar-refractivity contribution in [3.05, 3.63) is 57.6 Å². The number of ketones is 1. The van der Waals surface area contributed by atoms with Gasteiger partial charge in [-0.25, -0.2) is 4.79 Å². The van der Waals surface area contributed by atoms with Crippen molar-refractivity contribution < 1.29 is 37.5 Å². The Morgan fingerprint density at radius 3 is 2.47 bits per heavy atom. The summed E-state index contributed by atoms with van der Waals surface area (Å²) < 4.78 is 39.3. The molecule has 0 aliphatic carbocycles. The van der Waals surface area contributed by atoms with Crippen LogP contribution in [0, 0.1) is 10.1 Å². The highest BCUT2D eigenvalue weighted by molar-refractivity contribution is 6.01. The number of carbonyl (C=O) groups excluding carboxylic acids is 2. The van der Waals surface area contributed by atoms with Crippen molar-refractivity contribution >= 4 is 23.1 Å². The van der Waals surface area contributed by atoms with Crippen LogP contribution in [0.2, 0.25) is 0 Å². The number of hydrogen-bond donors (Lipinski definition) is 0. The van der Waals surface area contributed by atoms with Gasteiger partial charge in [-0.15, -0.1) is 0 Å². The van der Waals surface area contributed by atoms with Gasteiger partial charge in [0.15, 0.2) is 23.9 Å². The quantitative estimate of drug-likeness (QED) is 0.245. The van der Waals surface area contributed by atoms with E-state index in [-0.39, 0.29) is 28.3 Å². The van der Waals surface area contributed by atoms with Gasteiger partial charge in [-0.1, -0.05) is 0 Å². The van der Waals surface area contributed by atoms with E-state index >= 15 is 0 Å². The molecule has 1 saturated heterocycles. The van der Waals surface area contributed by atoms with Gasteiger partial charge in [-0.2, -0.15) is 8.78 Å². The molecule has 0 N–H and O–H groups in total. The molecule has 11 heteroatoms. The third-order valence-corrected chi connectivity index (χ3v) is 4.89. The van der Waals surface area contributed by atoms with Gasteiger partial charge in [0.25, 0.3) is 5.69 Å². The smallest absolute Gasteiger partial charge is 0.387 e. The fraction of sp³-hybridized carbons (Fsp3) is 0.333. The maximum absolute atomic E-state index is 12.7. The number of halogens is 2. The lowest BCUT2D eigenvalue weighted by Gasteiger charge is -2.20. The second-order valence-corrected chi connectivity index (χ2v) is 6.90. The first-order valence-corrected chi connectivity index (χ1v) is 9.66. The molecule has 9 nitrogen and oxygen atoms in total. The number of benzene rings is 2. The van der Waals surface area contributed by atoms with Crippen LogP contribution in [-0.2, 0) is 4.74 Å². The first-order valence-electron chi connectivity index (χ1n) is 9.66. The molecule has 0 spiro atoms. The standard InChI is InChI=1S/C21H20F2N2O7/c1-30-19-10-13(4-7-18(19)32-21(22)23)17(26)12-31-20(27)15-11-14(25(28)29)5-6-16(15)24-8-2-3-9-24/h4-7,10-11,21H,2-3,8-9,12H2,1H3. The van der Waals surface area contributed by atoms with Gasteiger partial charge in [0.1, 0.15) is 0 Å². The zero-order valence-electron chi connectivity index (χ0n) is 17.1. The van der Waals surface area contributed by atoms with Crippen molar-refractivity contribution in [2.45, 2.75) is 19.5 Å². The number of nitrogens with zero attached hydrogens (tertiary/aromatic N) is 2. The minimum atomic E-state index is -3.06. The van der Waals surface area contributed by atoms with Crippen molar-refractivity contribution in [3.63, 3.8) is 0 Å². The van der Waals surface area contributed by atoms with Crippen LogP contribution in [0.3, 0.4) is 0 Å². The molecule has 0 bridgehead atoms. The number of carbonyl (C=O) groups is 2. The van der Waals surface area contributed by atoms with E-state index < -0.39 is 29.9 Å². The summed E-state index contributed by atoms with van der Waals surface area (Å²) in [4.78, 5) is 37.6. The van der Waals surface area contributed by atoms with Crippen LogP contribution >= 0.6 is 0 Å². The molecule has 0 aromatic heterocycles. The maximum Gasteiger partial charge on any atom is 0.387 e. The Morgan fingerprint density at radius 1 is 1.12 bits per heavy atom. The first-order chi connectivity index (χ1) is 15.3. The van der Waals surface area contributed by atoms with Gasteiger partial charge >= 0.3 is 12.6 Å². The normalized spacial score (nSPS) is 13.2. The Bertz CT molecular complexity index is 1020. The van der Waals surface area contributed by atoms with Crippen molar-refractivity contribution in [2.24, 2.45) is 0 Å². The number of hydrogen-bond acceptors (Lipinski definition) is 8. The van der Waals surface area contributed by atoms with Gasteiger partial charge in [-0.3, -0.25) is 14.9 Å². The summed E-state index contributed by atoms with van der Waals surface area (Å²) in [5.74, 6) is -1.83. The molecule has 3 rings (SSSR count). The molecule has 2 aromatic carbocycles. The average molecular weight is 450 g/mol. The van der Waals surface area contributed by atoms with Crippen molar-refractivity contribution in [3.8, 4) is 11.5 Å². The first kappa shape index (κ1) is 22.9. The van der Waals surface area contributed by atoms with E-state index in [9.17, 15) is 28.5 Å². The number of methoxy groups -OCH3 is 1. The lowest BCUT2D eigenvalue weighted by Crippen LogP contribution is -2.22. The average Bonchev–Trinajstić information content (AvgIpc) is 3.31. The molecule has 32 heavy (non-hydrogen) atoms. The maximum atomic E-state index is 12.7. The highest BCUT2D eigenvalue weighted by Crippen LogP contribution is 2.31. The van der Waals surface area contributed by atoms with E-state index in [2.05, 4.69) is 4.74 Å². The molecule has 2 aromatic rings. The second kappa shape index (κ2) is 10.0. The summed E-state index contributed by atoms with van der Waals surface area (Å²) in [5.41, 5.74) is 0.272. The molecule has 1 aliphatic heterocycles. The molecule has 1 heterocycles. The number of esters is 1. The molecular formula is C21H20F2N2O7. The van der Waals surface area contributed by atoms with Crippen LogP contribution in [0.5, 0.6) is 11.5 Å². The zero-order valence-corrected chi connectivity index (χ0v) is 17.1. The summed E-state index contributed by atoms with van der Waals surface area (Å²) in [6.45, 7) is -2.32. The van der Waals surface area contributed by atoms with Crippen LogP contribution in [0.25, 0.3) is 0 Å². The number of rotatable bonds is 9. The van der Waals surface area contributed by atoms with E-state index in [1.54, 1.807) is 0 Å². The Hall–Kier alpha value is -3.76. The topological polar surface area (TPSA) is 108 Å². The largest absolute Gasteiger partial charge is 0.493 e. The van der Waals surface area contributed by atoms with E-state index in [4.69, 9.17) is 9.47 Å². The number of anilines is 1. The summed E-state index contributed by atoms with van der Waals surface area (Å²) in [6, 6.07) is 7.50.